The van der Waals surface area contributed by atoms with Crippen LogP contribution in [0.2, 0.25) is 0 Å². The molecule has 2 fully saturated rings. The molecule has 0 unspecified atom stereocenters. The van der Waals surface area contributed by atoms with Gasteiger partial charge in [0.2, 0.25) is 11.8 Å². The molecular weight excluding hydrogens is 382 g/mol. The first kappa shape index (κ1) is 20.1. The summed E-state index contributed by atoms with van der Waals surface area (Å²) in [7, 11) is 0. The molecular formula is C22H25N5O3. The summed E-state index contributed by atoms with van der Waals surface area (Å²) in [6, 6.07) is 8.75. The van der Waals surface area contributed by atoms with Gasteiger partial charge in [0.1, 0.15) is 6.04 Å². The largest absolute Gasteiger partial charge is 0.356 e. The molecule has 1 saturated carbocycles. The van der Waals surface area contributed by atoms with Gasteiger partial charge in [0.05, 0.1) is 17.1 Å². The molecule has 2 amide bonds. The first-order chi connectivity index (χ1) is 14.5. The van der Waals surface area contributed by atoms with Crippen molar-refractivity contribution in [2.24, 2.45) is 17.8 Å². The Hall–Kier alpha value is -3.21. The lowest BCUT2D eigenvalue weighted by molar-refractivity contribution is -0.127. The number of rotatable bonds is 9. The van der Waals surface area contributed by atoms with Gasteiger partial charge < -0.3 is 15.6 Å². The smallest absolute Gasteiger partial charge is 0.224 e. The van der Waals surface area contributed by atoms with Crippen LogP contribution in [0.1, 0.15) is 49.1 Å². The highest BCUT2D eigenvalue weighted by Gasteiger charge is 2.34. The summed E-state index contributed by atoms with van der Waals surface area (Å²) >= 11 is 0. The third kappa shape index (κ3) is 4.67. The normalized spacial score (nSPS) is 20.4. The third-order valence-corrected chi connectivity index (χ3v) is 5.93. The Morgan fingerprint density at radius 1 is 1.23 bits per heavy atom. The summed E-state index contributed by atoms with van der Waals surface area (Å²) in [6.45, 7) is 0.603. The average molecular weight is 407 g/mol. The highest BCUT2D eigenvalue weighted by molar-refractivity contribution is 5.98. The molecule has 0 spiro atoms. The number of carbonyl (C=O) groups excluding carboxylic acids is 3. The van der Waals surface area contributed by atoms with Crippen LogP contribution in [-0.2, 0) is 9.59 Å². The number of Topliss-reactive ketones (excluding diaryl/α,β-unsaturated/α-hetero) is 1. The lowest BCUT2D eigenvalue weighted by Crippen LogP contribution is -2.40. The Morgan fingerprint density at radius 2 is 2.03 bits per heavy atom. The standard InChI is InChI=1S/C22H25N5O3/c23-12-16(10-14-7-8-24-21(14)29)25-22(30)15(9-13-5-6-13)11-19(28)20-26-17-3-1-2-4-18(17)27-20/h1-4,13-16H,5-11H2,(H,24,29)(H,25,30)(H,26,27)/t14-,15+,16-/m0/s1. The maximum Gasteiger partial charge on any atom is 0.224 e. The summed E-state index contributed by atoms with van der Waals surface area (Å²) in [5.41, 5.74) is 1.49. The van der Waals surface area contributed by atoms with E-state index in [9.17, 15) is 19.6 Å². The topological polar surface area (TPSA) is 128 Å². The Labute approximate surface area is 174 Å². The number of hydrogen-bond donors (Lipinski definition) is 3. The zero-order valence-corrected chi connectivity index (χ0v) is 16.7. The molecule has 1 aliphatic heterocycles. The molecule has 1 aliphatic carbocycles. The van der Waals surface area contributed by atoms with Crippen LogP contribution >= 0.6 is 0 Å². The number of aromatic amines is 1. The van der Waals surface area contributed by atoms with Gasteiger partial charge in [-0.1, -0.05) is 25.0 Å². The molecule has 1 aromatic heterocycles. The van der Waals surface area contributed by atoms with E-state index in [1.165, 1.54) is 0 Å². The minimum atomic E-state index is -0.741. The summed E-state index contributed by atoms with van der Waals surface area (Å²) in [5.74, 6) is -0.638. The number of aromatic nitrogens is 2. The fourth-order valence-electron chi connectivity index (χ4n) is 4.03. The highest BCUT2D eigenvalue weighted by atomic mass is 16.2. The van der Waals surface area contributed by atoms with Gasteiger partial charge in [-0.05, 0) is 37.3 Å². The zero-order chi connectivity index (χ0) is 21.1. The number of para-hydroxylation sites is 2. The molecule has 156 valence electrons. The Bertz CT molecular complexity index is 971. The second-order valence-electron chi connectivity index (χ2n) is 8.31. The second kappa shape index (κ2) is 8.66. The van der Waals surface area contributed by atoms with E-state index in [1.807, 2.05) is 24.3 Å². The second-order valence-corrected chi connectivity index (χ2v) is 8.31. The van der Waals surface area contributed by atoms with Crippen LogP contribution in [0.25, 0.3) is 11.0 Å². The van der Waals surface area contributed by atoms with Crippen molar-refractivity contribution in [3.8, 4) is 6.07 Å². The SMILES string of the molecule is N#C[C@H](C[C@@H]1CCNC1=O)NC(=O)[C@@H](CC(=O)c1nc2ccccc2[nH]1)CC1CC1. The minimum Gasteiger partial charge on any atom is -0.356 e. The number of ketones is 1. The maximum atomic E-state index is 12.9. The van der Waals surface area contributed by atoms with Crippen LogP contribution < -0.4 is 10.6 Å². The number of H-pyrrole nitrogens is 1. The van der Waals surface area contributed by atoms with Gasteiger partial charge in [-0.25, -0.2) is 4.98 Å². The molecule has 30 heavy (non-hydrogen) atoms. The summed E-state index contributed by atoms with van der Waals surface area (Å²) in [6.07, 6.45) is 3.76. The van der Waals surface area contributed by atoms with E-state index in [0.717, 1.165) is 18.4 Å². The number of nitriles is 1. The molecule has 2 aromatic rings. The average Bonchev–Trinajstić information content (AvgIpc) is 3.30. The first-order valence-corrected chi connectivity index (χ1v) is 10.5. The van der Waals surface area contributed by atoms with Gasteiger partial charge in [0.25, 0.3) is 0 Å². The monoisotopic (exact) mass is 407 g/mol. The van der Waals surface area contributed by atoms with Crippen LogP contribution in [0.5, 0.6) is 0 Å². The van der Waals surface area contributed by atoms with Gasteiger partial charge in [-0.2, -0.15) is 5.26 Å². The van der Waals surface area contributed by atoms with Crippen molar-refractivity contribution in [1.29, 1.82) is 5.26 Å². The van der Waals surface area contributed by atoms with Crippen molar-refractivity contribution in [2.45, 2.75) is 44.6 Å². The lowest BCUT2D eigenvalue weighted by atomic mass is 9.93. The van der Waals surface area contributed by atoms with E-state index in [4.69, 9.17) is 0 Å². The minimum absolute atomic E-state index is 0.0459. The Kier molecular flexibility index (Phi) is 5.79. The van der Waals surface area contributed by atoms with Gasteiger partial charge in [0, 0.05) is 24.8 Å². The molecule has 8 heteroatoms. The van der Waals surface area contributed by atoms with E-state index in [1.54, 1.807) is 0 Å². The number of carbonyl (C=O) groups is 3. The number of benzene rings is 1. The van der Waals surface area contributed by atoms with Crippen molar-refractivity contribution >= 4 is 28.6 Å². The summed E-state index contributed by atoms with van der Waals surface area (Å²) in [4.78, 5) is 44.9. The van der Waals surface area contributed by atoms with Gasteiger partial charge >= 0.3 is 0 Å². The van der Waals surface area contributed by atoms with E-state index in [-0.39, 0.29) is 35.8 Å². The highest BCUT2D eigenvalue weighted by Crippen LogP contribution is 2.36. The van der Waals surface area contributed by atoms with Gasteiger partial charge in [0.15, 0.2) is 11.6 Å². The zero-order valence-electron chi connectivity index (χ0n) is 16.7. The van der Waals surface area contributed by atoms with Crippen LogP contribution in [0.3, 0.4) is 0 Å². The van der Waals surface area contributed by atoms with Crippen molar-refractivity contribution in [3.63, 3.8) is 0 Å². The molecule has 3 N–H and O–H groups in total. The van der Waals surface area contributed by atoms with Crippen LogP contribution in [0, 0.1) is 29.1 Å². The number of fused-ring (bicyclic) bond motifs is 1. The molecule has 3 atom stereocenters. The third-order valence-electron chi connectivity index (χ3n) is 5.93. The fraction of sp³-hybridized carbons (Fsp3) is 0.500. The predicted molar refractivity (Wildman–Crippen MR) is 109 cm³/mol. The van der Waals surface area contributed by atoms with Gasteiger partial charge in [-0.15, -0.1) is 0 Å². The summed E-state index contributed by atoms with van der Waals surface area (Å²) in [5, 5.41) is 15.0. The molecule has 1 saturated heterocycles. The van der Waals surface area contributed by atoms with Crippen LogP contribution in [0.15, 0.2) is 24.3 Å². The number of nitrogens with zero attached hydrogens (tertiary/aromatic N) is 2. The summed E-state index contributed by atoms with van der Waals surface area (Å²) < 4.78 is 0. The maximum absolute atomic E-state index is 12.9. The molecule has 2 aliphatic rings. The predicted octanol–water partition coefficient (Wildman–Crippen LogP) is 2.09. The number of nitrogens with one attached hydrogen (secondary N) is 3. The molecule has 8 nitrogen and oxygen atoms in total. The number of amides is 2. The van der Waals surface area contributed by atoms with E-state index in [2.05, 4.69) is 26.7 Å². The number of imidazole rings is 1. The van der Waals surface area contributed by atoms with Crippen molar-refractivity contribution in [1.82, 2.24) is 20.6 Å². The van der Waals surface area contributed by atoms with Crippen LogP contribution in [0.4, 0.5) is 0 Å². The van der Waals surface area contributed by atoms with Crippen molar-refractivity contribution in [2.75, 3.05) is 6.54 Å². The van der Waals surface area contributed by atoms with E-state index >= 15 is 0 Å². The van der Waals surface area contributed by atoms with Crippen molar-refractivity contribution in [3.05, 3.63) is 30.1 Å². The Balaban J connectivity index is 1.41. The Morgan fingerprint density at radius 3 is 2.70 bits per heavy atom. The van der Waals surface area contributed by atoms with E-state index < -0.39 is 12.0 Å². The van der Waals surface area contributed by atoms with Crippen molar-refractivity contribution < 1.29 is 14.4 Å². The number of hydrogen-bond acceptors (Lipinski definition) is 5. The van der Waals surface area contributed by atoms with E-state index in [0.29, 0.717) is 37.2 Å². The molecule has 2 heterocycles. The first-order valence-electron chi connectivity index (χ1n) is 10.5. The molecule has 0 radical (unpaired) electrons. The molecule has 4 rings (SSSR count). The quantitative estimate of drug-likeness (QED) is 0.548. The lowest BCUT2D eigenvalue weighted by Gasteiger charge is -2.19. The molecule has 0 bridgehead atoms. The van der Waals surface area contributed by atoms with Gasteiger partial charge in [-0.3, -0.25) is 14.4 Å². The fourth-order valence-corrected chi connectivity index (χ4v) is 4.03. The van der Waals surface area contributed by atoms with Crippen LogP contribution in [-0.4, -0.2) is 40.2 Å². The molecule has 1 aromatic carbocycles.